The Bertz CT molecular complexity index is 245. The first kappa shape index (κ1) is 8.82. The normalized spacial score (nSPS) is 12.3. The number of hydrogen-bond donors (Lipinski definition) is 2. The molecule has 3 nitrogen and oxygen atoms in total. The van der Waals surface area contributed by atoms with Crippen LogP contribution in [0, 0.1) is 12.3 Å². The lowest BCUT2D eigenvalue weighted by Gasteiger charge is -2.06. The Labute approximate surface area is 72.4 Å². The van der Waals surface area contributed by atoms with Crippen molar-refractivity contribution in [3.05, 3.63) is 18.2 Å². The number of nitrogens with two attached hydrogens (primary N) is 1. The largest absolute Gasteiger partial charge is 0.347 e. The minimum atomic E-state index is -0.00616. The van der Waals surface area contributed by atoms with Crippen LogP contribution in [0.15, 0.2) is 12.4 Å². The van der Waals surface area contributed by atoms with Crippen molar-refractivity contribution >= 4 is 0 Å². The predicted molar refractivity (Wildman–Crippen MR) is 48.2 cm³/mol. The predicted octanol–water partition coefficient (Wildman–Crippen LogP) is 1.21. The first-order valence-corrected chi connectivity index (χ1v) is 4.03. The second-order valence-corrected chi connectivity index (χ2v) is 2.68. The monoisotopic (exact) mass is 163 g/mol. The SMILES string of the molecule is C#CCCCC(N)c1ncc[nH]1. The molecule has 0 spiro atoms. The summed E-state index contributed by atoms with van der Waals surface area (Å²) in [6, 6.07) is -0.00616. The summed E-state index contributed by atoms with van der Waals surface area (Å²) in [5.41, 5.74) is 5.82. The van der Waals surface area contributed by atoms with E-state index in [-0.39, 0.29) is 6.04 Å². The first-order chi connectivity index (χ1) is 5.84. The van der Waals surface area contributed by atoms with E-state index in [0.717, 1.165) is 25.1 Å². The average Bonchev–Trinajstić information content (AvgIpc) is 2.56. The zero-order valence-electron chi connectivity index (χ0n) is 6.96. The minimum Gasteiger partial charge on any atom is -0.347 e. The summed E-state index contributed by atoms with van der Waals surface area (Å²) in [6.45, 7) is 0. The van der Waals surface area contributed by atoms with Gasteiger partial charge in [-0.1, -0.05) is 0 Å². The maximum absolute atomic E-state index is 5.82. The number of nitrogens with zero attached hydrogens (tertiary/aromatic N) is 1. The average molecular weight is 163 g/mol. The van der Waals surface area contributed by atoms with E-state index < -0.39 is 0 Å². The van der Waals surface area contributed by atoms with Crippen molar-refractivity contribution < 1.29 is 0 Å². The quantitative estimate of drug-likeness (QED) is 0.518. The van der Waals surface area contributed by atoms with Crippen molar-refractivity contribution in [1.82, 2.24) is 9.97 Å². The lowest BCUT2D eigenvalue weighted by Crippen LogP contribution is -2.11. The standard InChI is InChI=1S/C9H13N3/c1-2-3-4-5-8(10)9-11-6-7-12-9/h1,6-8H,3-5,10H2,(H,11,12). The summed E-state index contributed by atoms with van der Waals surface area (Å²) < 4.78 is 0. The molecule has 0 amide bonds. The fourth-order valence-electron chi connectivity index (χ4n) is 1.04. The molecule has 3 N–H and O–H groups in total. The van der Waals surface area contributed by atoms with E-state index in [9.17, 15) is 0 Å². The van der Waals surface area contributed by atoms with Gasteiger partial charge in [-0.2, -0.15) is 0 Å². The molecule has 0 radical (unpaired) electrons. The van der Waals surface area contributed by atoms with E-state index in [0.29, 0.717) is 0 Å². The second-order valence-electron chi connectivity index (χ2n) is 2.68. The van der Waals surface area contributed by atoms with Gasteiger partial charge in [0.05, 0.1) is 6.04 Å². The van der Waals surface area contributed by atoms with Crippen LogP contribution in [0.1, 0.15) is 31.1 Å². The molecular weight excluding hydrogens is 150 g/mol. The molecule has 0 aliphatic rings. The van der Waals surface area contributed by atoms with Gasteiger partial charge < -0.3 is 10.7 Å². The number of terminal acetylenes is 1. The summed E-state index contributed by atoms with van der Waals surface area (Å²) in [4.78, 5) is 7.04. The third-order valence-electron chi connectivity index (χ3n) is 1.71. The van der Waals surface area contributed by atoms with E-state index in [1.54, 1.807) is 12.4 Å². The van der Waals surface area contributed by atoms with Gasteiger partial charge in [-0.25, -0.2) is 4.98 Å². The molecule has 0 aliphatic carbocycles. The fourth-order valence-corrected chi connectivity index (χ4v) is 1.04. The van der Waals surface area contributed by atoms with Gasteiger partial charge in [0.1, 0.15) is 5.82 Å². The van der Waals surface area contributed by atoms with E-state index in [4.69, 9.17) is 12.2 Å². The van der Waals surface area contributed by atoms with Crippen LogP contribution in [0.3, 0.4) is 0 Å². The van der Waals surface area contributed by atoms with Crippen molar-refractivity contribution in [1.29, 1.82) is 0 Å². The fraction of sp³-hybridized carbons (Fsp3) is 0.444. The maximum Gasteiger partial charge on any atom is 0.123 e. The number of nitrogens with one attached hydrogen (secondary N) is 1. The van der Waals surface area contributed by atoms with Gasteiger partial charge in [-0.3, -0.25) is 0 Å². The maximum atomic E-state index is 5.82. The Balaban J connectivity index is 2.30. The van der Waals surface area contributed by atoms with E-state index in [2.05, 4.69) is 15.9 Å². The highest BCUT2D eigenvalue weighted by Gasteiger charge is 2.06. The highest BCUT2D eigenvalue weighted by Crippen LogP contribution is 2.11. The Morgan fingerprint density at radius 3 is 3.17 bits per heavy atom. The topological polar surface area (TPSA) is 54.7 Å². The molecule has 1 unspecified atom stereocenters. The van der Waals surface area contributed by atoms with Crippen LogP contribution in [-0.2, 0) is 0 Å². The van der Waals surface area contributed by atoms with Gasteiger partial charge in [0.2, 0.25) is 0 Å². The summed E-state index contributed by atoms with van der Waals surface area (Å²) >= 11 is 0. The molecule has 1 aromatic rings. The number of unbranched alkanes of at least 4 members (excludes halogenated alkanes) is 1. The highest BCUT2D eigenvalue weighted by molar-refractivity contribution is 4.94. The number of aromatic nitrogens is 2. The smallest absolute Gasteiger partial charge is 0.123 e. The van der Waals surface area contributed by atoms with Gasteiger partial charge in [0.15, 0.2) is 0 Å². The van der Waals surface area contributed by atoms with Crippen LogP contribution < -0.4 is 5.73 Å². The zero-order chi connectivity index (χ0) is 8.81. The van der Waals surface area contributed by atoms with Gasteiger partial charge >= 0.3 is 0 Å². The van der Waals surface area contributed by atoms with Crippen LogP contribution in [0.4, 0.5) is 0 Å². The molecule has 64 valence electrons. The number of hydrogen-bond acceptors (Lipinski definition) is 2. The van der Waals surface area contributed by atoms with Crippen LogP contribution in [0.2, 0.25) is 0 Å². The van der Waals surface area contributed by atoms with Crippen molar-refractivity contribution in [2.24, 2.45) is 5.73 Å². The third kappa shape index (κ3) is 2.40. The van der Waals surface area contributed by atoms with Crippen LogP contribution in [-0.4, -0.2) is 9.97 Å². The van der Waals surface area contributed by atoms with Crippen LogP contribution in [0.5, 0.6) is 0 Å². The molecule has 12 heavy (non-hydrogen) atoms. The summed E-state index contributed by atoms with van der Waals surface area (Å²) in [7, 11) is 0. The molecule has 1 heterocycles. The molecule has 0 saturated carbocycles. The number of H-pyrrole nitrogens is 1. The van der Waals surface area contributed by atoms with Crippen molar-refractivity contribution in [3.63, 3.8) is 0 Å². The molecule has 3 heteroatoms. The Morgan fingerprint density at radius 2 is 2.58 bits per heavy atom. The Kier molecular flexibility index (Phi) is 3.36. The van der Waals surface area contributed by atoms with Crippen molar-refractivity contribution in [2.75, 3.05) is 0 Å². The van der Waals surface area contributed by atoms with Crippen molar-refractivity contribution in [2.45, 2.75) is 25.3 Å². The number of imidazole rings is 1. The van der Waals surface area contributed by atoms with Crippen molar-refractivity contribution in [3.8, 4) is 12.3 Å². The van der Waals surface area contributed by atoms with Gasteiger partial charge in [-0.15, -0.1) is 12.3 Å². The molecule has 1 atom stereocenters. The molecule has 0 bridgehead atoms. The first-order valence-electron chi connectivity index (χ1n) is 4.03. The van der Waals surface area contributed by atoms with Gasteiger partial charge in [-0.05, 0) is 12.8 Å². The summed E-state index contributed by atoms with van der Waals surface area (Å²) in [5.74, 6) is 3.42. The molecule has 1 rings (SSSR count). The third-order valence-corrected chi connectivity index (χ3v) is 1.71. The van der Waals surface area contributed by atoms with Crippen LogP contribution >= 0.6 is 0 Å². The summed E-state index contributed by atoms with van der Waals surface area (Å²) in [6.07, 6.45) is 11.2. The Morgan fingerprint density at radius 1 is 1.75 bits per heavy atom. The van der Waals surface area contributed by atoms with E-state index >= 15 is 0 Å². The van der Waals surface area contributed by atoms with Gasteiger partial charge in [0.25, 0.3) is 0 Å². The zero-order valence-corrected chi connectivity index (χ0v) is 6.96. The number of aromatic amines is 1. The van der Waals surface area contributed by atoms with E-state index in [1.807, 2.05) is 0 Å². The molecule has 0 aromatic carbocycles. The molecule has 0 aliphatic heterocycles. The molecular formula is C9H13N3. The van der Waals surface area contributed by atoms with Gasteiger partial charge in [0, 0.05) is 18.8 Å². The molecule has 0 fully saturated rings. The summed E-state index contributed by atoms with van der Waals surface area (Å²) in [5, 5.41) is 0. The minimum absolute atomic E-state index is 0.00616. The lowest BCUT2D eigenvalue weighted by molar-refractivity contribution is 0.594. The Hall–Kier alpha value is -1.27. The van der Waals surface area contributed by atoms with Crippen LogP contribution in [0.25, 0.3) is 0 Å². The highest BCUT2D eigenvalue weighted by atomic mass is 14.9. The lowest BCUT2D eigenvalue weighted by atomic mass is 10.1. The molecule has 1 aromatic heterocycles. The number of rotatable bonds is 4. The second kappa shape index (κ2) is 4.58. The molecule has 0 saturated heterocycles. The van der Waals surface area contributed by atoms with E-state index in [1.165, 1.54) is 0 Å².